The zero-order valence-corrected chi connectivity index (χ0v) is 21.0. The Hall–Kier alpha value is -2.29. The molecule has 0 spiro atoms. The van der Waals surface area contributed by atoms with Crippen LogP contribution in [-0.2, 0) is 10.0 Å². The van der Waals surface area contributed by atoms with Crippen molar-refractivity contribution < 1.29 is 17.2 Å². The minimum Gasteiger partial charge on any atom is -0.317 e. The number of benzene rings is 2. The fraction of sp³-hybridized carbons (Fsp3) is 0.440. The Morgan fingerprint density at radius 3 is 2.00 bits per heavy atom. The molecular formula is C25H37F2N3O2S. The molecule has 1 saturated heterocycles. The molecule has 2 aromatic carbocycles. The van der Waals surface area contributed by atoms with E-state index in [2.05, 4.69) is 10.6 Å². The van der Waals surface area contributed by atoms with Crippen LogP contribution < -0.4 is 10.6 Å². The van der Waals surface area contributed by atoms with E-state index in [1.165, 1.54) is 50.2 Å². The van der Waals surface area contributed by atoms with Crippen molar-refractivity contribution in [3.8, 4) is 0 Å². The first-order chi connectivity index (χ1) is 15.9. The van der Waals surface area contributed by atoms with Gasteiger partial charge in [0, 0.05) is 23.2 Å². The van der Waals surface area contributed by atoms with Gasteiger partial charge in [-0.2, -0.15) is 0 Å². The number of para-hydroxylation sites is 1. The van der Waals surface area contributed by atoms with Crippen LogP contribution in [0.4, 0.5) is 8.78 Å². The maximum Gasteiger partial charge on any atom is 0.268 e. The average molecular weight is 482 g/mol. The predicted octanol–water partition coefficient (Wildman–Crippen LogP) is 5.83. The standard InChI is InChI=1S/C15H11F2NO2S.C6H14N2.2C2H6/c16-15(17)13-10-18(14-9-5-4-8-12(13)14)21(19,20)11-6-2-1-3-7-11;1-7-6-2-4-8-5-3-6;2*1-2/h1-10,15H;6-8H,2-5H2,1H3;2*1-2H3. The van der Waals surface area contributed by atoms with Gasteiger partial charge in [0.1, 0.15) is 0 Å². The fourth-order valence-electron chi connectivity index (χ4n) is 3.36. The Labute approximate surface area is 197 Å². The third-order valence-electron chi connectivity index (χ3n) is 4.99. The number of alkyl halides is 2. The van der Waals surface area contributed by atoms with Gasteiger partial charge < -0.3 is 10.6 Å². The molecule has 0 radical (unpaired) electrons. The number of halogens is 2. The second-order valence-corrected chi connectivity index (χ2v) is 8.64. The van der Waals surface area contributed by atoms with Crippen molar-refractivity contribution in [1.29, 1.82) is 0 Å². The molecule has 0 amide bonds. The van der Waals surface area contributed by atoms with Gasteiger partial charge in [-0.1, -0.05) is 64.1 Å². The normalized spacial score (nSPS) is 13.8. The van der Waals surface area contributed by atoms with E-state index in [-0.39, 0.29) is 21.4 Å². The van der Waals surface area contributed by atoms with Crippen molar-refractivity contribution in [2.75, 3.05) is 20.1 Å². The van der Waals surface area contributed by atoms with Crippen LogP contribution in [0.5, 0.6) is 0 Å². The van der Waals surface area contributed by atoms with Gasteiger partial charge in [0.05, 0.1) is 10.4 Å². The van der Waals surface area contributed by atoms with E-state index in [9.17, 15) is 17.2 Å². The monoisotopic (exact) mass is 481 g/mol. The Morgan fingerprint density at radius 1 is 0.939 bits per heavy atom. The summed E-state index contributed by atoms with van der Waals surface area (Å²) in [6.45, 7) is 10.4. The van der Waals surface area contributed by atoms with Gasteiger partial charge in [-0.25, -0.2) is 21.2 Å². The molecule has 184 valence electrons. The summed E-state index contributed by atoms with van der Waals surface area (Å²) < 4.78 is 52.3. The summed E-state index contributed by atoms with van der Waals surface area (Å²) in [6, 6.07) is 14.8. The van der Waals surface area contributed by atoms with Crippen LogP contribution in [0.3, 0.4) is 0 Å². The molecule has 8 heteroatoms. The summed E-state index contributed by atoms with van der Waals surface area (Å²) in [6.07, 6.45) is 0.840. The third kappa shape index (κ3) is 7.62. The molecule has 3 aromatic rings. The molecule has 2 heterocycles. The molecule has 1 fully saturated rings. The number of nitrogens with zero attached hydrogens (tertiary/aromatic N) is 1. The minimum absolute atomic E-state index is 0.0616. The first-order valence-corrected chi connectivity index (χ1v) is 13.0. The zero-order chi connectivity index (χ0) is 24.9. The Morgan fingerprint density at radius 2 is 1.48 bits per heavy atom. The maximum absolute atomic E-state index is 13.1. The average Bonchev–Trinajstić information content (AvgIpc) is 3.29. The Balaban J connectivity index is 0.000000380. The maximum atomic E-state index is 13.1. The van der Waals surface area contributed by atoms with E-state index < -0.39 is 16.4 Å². The highest BCUT2D eigenvalue weighted by molar-refractivity contribution is 7.90. The van der Waals surface area contributed by atoms with E-state index in [4.69, 9.17) is 0 Å². The van der Waals surface area contributed by atoms with Crippen molar-refractivity contribution in [3.05, 3.63) is 66.4 Å². The van der Waals surface area contributed by atoms with Crippen molar-refractivity contribution in [2.45, 2.75) is 57.9 Å². The van der Waals surface area contributed by atoms with Gasteiger partial charge >= 0.3 is 0 Å². The molecule has 0 saturated carbocycles. The highest BCUT2D eigenvalue weighted by Gasteiger charge is 2.23. The van der Waals surface area contributed by atoms with E-state index >= 15 is 0 Å². The summed E-state index contributed by atoms with van der Waals surface area (Å²) in [4.78, 5) is 0.0616. The topological polar surface area (TPSA) is 63.1 Å². The molecule has 0 bridgehead atoms. The lowest BCUT2D eigenvalue weighted by Gasteiger charge is -2.21. The molecule has 0 aliphatic carbocycles. The predicted molar refractivity (Wildman–Crippen MR) is 134 cm³/mol. The molecule has 2 N–H and O–H groups in total. The lowest BCUT2D eigenvalue weighted by atomic mass is 10.1. The quantitative estimate of drug-likeness (QED) is 0.492. The molecule has 0 atom stereocenters. The Kier molecular flexibility index (Phi) is 12.9. The van der Waals surface area contributed by atoms with Crippen LogP contribution >= 0.6 is 0 Å². The smallest absolute Gasteiger partial charge is 0.268 e. The minimum atomic E-state index is -3.89. The molecule has 4 rings (SSSR count). The molecule has 1 aromatic heterocycles. The number of fused-ring (bicyclic) bond motifs is 1. The summed E-state index contributed by atoms with van der Waals surface area (Å²) in [5.74, 6) is 0. The summed E-state index contributed by atoms with van der Waals surface area (Å²) in [7, 11) is -1.86. The summed E-state index contributed by atoms with van der Waals surface area (Å²) >= 11 is 0. The van der Waals surface area contributed by atoms with Gasteiger partial charge in [-0.15, -0.1) is 0 Å². The van der Waals surface area contributed by atoms with Crippen LogP contribution in [0.1, 0.15) is 52.5 Å². The lowest BCUT2D eigenvalue weighted by molar-refractivity contribution is 0.153. The van der Waals surface area contributed by atoms with Gasteiger partial charge in [0.25, 0.3) is 16.4 Å². The number of hydrogen-bond donors (Lipinski definition) is 2. The van der Waals surface area contributed by atoms with E-state index in [0.717, 1.165) is 16.2 Å². The van der Waals surface area contributed by atoms with E-state index in [1.54, 1.807) is 30.3 Å². The number of aromatic nitrogens is 1. The third-order valence-corrected chi connectivity index (χ3v) is 6.68. The van der Waals surface area contributed by atoms with Gasteiger partial charge in [0.2, 0.25) is 0 Å². The molecule has 1 aliphatic rings. The summed E-state index contributed by atoms with van der Waals surface area (Å²) in [5.41, 5.74) is -0.0400. The lowest BCUT2D eigenvalue weighted by Crippen LogP contribution is -2.37. The Bertz CT molecular complexity index is 1030. The number of nitrogens with one attached hydrogen (secondary N) is 2. The second-order valence-electron chi connectivity index (χ2n) is 6.83. The van der Waals surface area contributed by atoms with E-state index in [0.29, 0.717) is 0 Å². The first-order valence-electron chi connectivity index (χ1n) is 11.5. The van der Waals surface area contributed by atoms with E-state index in [1.807, 2.05) is 34.7 Å². The largest absolute Gasteiger partial charge is 0.317 e. The van der Waals surface area contributed by atoms with Crippen molar-refractivity contribution >= 4 is 20.9 Å². The van der Waals surface area contributed by atoms with Crippen LogP contribution in [0.2, 0.25) is 0 Å². The number of piperidine rings is 1. The van der Waals surface area contributed by atoms with Crippen molar-refractivity contribution in [2.24, 2.45) is 0 Å². The van der Waals surface area contributed by atoms with Gasteiger partial charge in [-0.05, 0) is 51.2 Å². The summed E-state index contributed by atoms with van der Waals surface area (Å²) in [5, 5.41) is 6.82. The van der Waals surface area contributed by atoms with Crippen LogP contribution in [0.25, 0.3) is 10.9 Å². The van der Waals surface area contributed by atoms with Crippen LogP contribution in [0, 0.1) is 0 Å². The molecule has 1 aliphatic heterocycles. The second kappa shape index (κ2) is 14.8. The number of hydrogen-bond acceptors (Lipinski definition) is 4. The molecule has 0 unspecified atom stereocenters. The SMILES string of the molecule is CC.CC.CNC1CCNCC1.O=S(=O)(c1ccccc1)n1cc(C(F)F)c2ccccc21. The fourth-order valence-corrected chi connectivity index (χ4v) is 4.76. The highest BCUT2D eigenvalue weighted by Crippen LogP contribution is 2.31. The van der Waals surface area contributed by atoms with Crippen LogP contribution in [0.15, 0.2) is 65.7 Å². The van der Waals surface area contributed by atoms with Crippen molar-refractivity contribution in [1.82, 2.24) is 14.6 Å². The zero-order valence-electron chi connectivity index (χ0n) is 20.2. The van der Waals surface area contributed by atoms with Gasteiger partial charge in [0.15, 0.2) is 0 Å². The molecular weight excluding hydrogens is 444 g/mol. The molecule has 33 heavy (non-hydrogen) atoms. The first kappa shape index (κ1) is 28.7. The van der Waals surface area contributed by atoms with Gasteiger partial charge in [-0.3, -0.25) is 0 Å². The molecule has 5 nitrogen and oxygen atoms in total. The van der Waals surface area contributed by atoms with Crippen molar-refractivity contribution in [3.63, 3.8) is 0 Å². The highest BCUT2D eigenvalue weighted by atomic mass is 32.2. The van der Waals surface area contributed by atoms with Crippen LogP contribution in [-0.4, -0.2) is 38.6 Å². The number of rotatable bonds is 4.